The van der Waals surface area contributed by atoms with Crippen molar-refractivity contribution >= 4 is 68.9 Å². The fraction of sp³-hybridized carbons (Fsp3) is 0.630. The van der Waals surface area contributed by atoms with Gasteiger partial charge in [-0.3, -0.25) is 32.5 Å². The quantitative estimate of drug-likeness (QED) is 0.0504. The number of phosphoric ester groups is 3. The first-order chi connectivity index (χ1) is 24.4. The van der Waals surface area contributed by atoms with Gasteiger partial charge in [-0.15, -0.1) is 0 Å². The van der Waals surface area contributed by atoms with E-state index in [-0.39, 0.29) is 53.6 Å². The van der Waals surface area contributed by atoms with Gasteiger partial charge in [-0.05, 0) is 25.3 Å². The highest BCUT2D eigenvalue weighted by Gasteiger charge is 2.50. The lowest BCUT2D eigenvalue weighted by molar-refractivity contribution is -0.134. The number of carbonyl (C=O) groups is 3. The van der Waals surface area contributed by atoms with Gasteiger partial charge in [0.25, 0.3) is 0 Å². The number of anilines is 1. The summed E-state index contributed by atoms with van der Waals surface area (Å²) in [4.78, 5) is 87.2. The lowest BCUT2D eigenvalue weighted by atomic mass is 9.84. The Bertz CT molecular complexity index is 1800. The van der Waals surface area contributed by atoms with Crippen LogP contribution in [0.2, 0.25) is 0 Å². The first-order valence-electron chi connectivity index (χ1n) is 15.6. The maximum atomic E-state index is 12.7. The van der Waals surface area contributed by atoms with Crippen molar-refractivity contribution in [2.45, 2.75) is 83.5 Å². The van der Waals surface area contributed by atoms with Crippen LogP contribution in [0.1, 0.15) is 59.1 Å². The predicted octanol–water partition coefficient (Wildman–Crippen LogP) is 1.71. The first kappa shape index (κ1) is 45.1. The fourth-order valence-electron chi connectivity index (χ4n) is 4.82. The van der Waals surface area contributed by atoms with Crippen LogP contribution in [0.25, 0.3) is 11.2 Å². The lowest BCUT2D eigenvalue weighted by Crippen LogP contribution is -2.39. The van der Waals surface area contributed by atoms with Crippen molar-refractivity contribution in [1.29, 1.82) is 0 Å². The standard InChI is InChI=1S/C27H42N5O17P3S/c1-15(2)26(37)53-10-6-8-16(33)7-5-9-17(34)22(36)27(3,4)12-46-52(43,44)49-51(41,42)45-11-18-21(48-50(38,39)40)20(35)25(47-18)32-14-31-19-23(28)29-13-30-24(19)32/h13-14,18,20-22,25,35-36H,1,5-12H2,2-4H3,(H,41,42)(H,43,44)(H2,28,29,30)(H2,38,39,40)/t18-,20-,21-,22+,25-/m1/s1. The van der Waals surface area contributed by atoms with Crippen molar-refractivity contribution < 1.29 is 80.5 Å². The summed E-state index contributed by atoms with van der Waals surface area (Å²) < 4.78 is 62.1. The summed E-state index contributed by atoms with van der Waals surface area (Å²) in [7, 11) is -16.3. The molecule has 2 aromatic rings. The number of hydrogen-bond acceptors (Lipinski definition) is 18. The number of aliphatic hydroxyl groups excluding tert-OH is 2. The van der Waals surface area contributed by atoms with Gasteiger partial charge in [0, 0.05) is 30.4 Å². The fourth-order valence-corrected chi connectivity index (χ4v) is 8.36. The Balaban J connectivity index is 1.53. The Morgan fingerprint density at radius 2 is 1.70 bits per heavy atom. The van der Waals surface area contributed by atoms with Crippen molar-refractivity contribution in [3.63, 3.8) is 0 Å². The third kappa shape index (κ3) is 13.4. The van der Waals surface area contributed by atoms with Crippen LogP contribution in [0, 0.1) is 5.41 Å². The van der Waals surface area contributed by atoms with Crippen molar-refractivity contribution in [2.24, 2.45) is 5.41 Å². The minimum atomic E-state index is -5.55. The molecule has 8 N–H and O–H groups in total. The molecule has 1 aliphatic heterocycles. The zero-order valence-corrected chi connectivity index (χ0v) is 32.2. The number of hydrogen-bond donors (Lipinski definition) is 7. The highest BCUT2D eigenvalue weighted by atomic mass is 32.2. The summed E-state index contributed by atoms with van der Waals surface area (Å²) in [6.07, 6.45) is -5.97. The Hall–Kier alpha value is -2.30. The van der Waals surface area contributed by atoms with Crippen LogP contribution in [0.3, 0.4) is 0 Å². The van der Waals surface area contributed by atoms with Crippen LogP contribution in [0.4, 0.5) is 5.82 Å². The molecule has 53 heavy (non-hydrogen) atoms. The molecule has 26 heteroatoms. The van der Waals surface area contributed by atoms with E-state index >= 15 is 0 Å². The SMILES string of the molecule is C=C(C)C(=O)SCCCC(=O)CCCC(=O)[C@H](O)C(C)(C)COP(=O)(O)OP(=O)(O)OC[C@H]1O[C@@H](n2cnc3c(N)ncnc32)[C@H](O)[C@@H]1OP(=O)(O)O. The second-order valence-electron chi connectivity index (χ2n) is 12.6. The molecule has 0 aromatic carbocycles. The minimum absolute atomic E-state index is 0.0355. The monoisotopic (exact) mass is 833 g/mol. The number of nitrogens with zero attached hydrogens (tertiary/aromatic N) is 4. The highest BCUT2D eigenvalue weighted by Crippen LogP contribution is 2.61. The van der Waals surface area contributed by atoms with Crippen LogP contribution >= 0.6 is 35.2 Å². The van der Waals surface area contributed by atoms with Gasteiger partial charge in [0.1, 0.15) is 42.0 Å². The van der Waals surface area contributed by atoms with E-state index < -0.39 is 78.5 Å². The maximum absolute atomic E-state index is 12.7. The molecule has 0 bridgehead atoms. The number of thioether (sulfide) groups is 1. The average molecular weight is 834 g/mol. The number of ketones is 2. The van der Waals surface area contributed by atoms with Gasteiger partial charge in [-0.25, -0.2) is 28.6 Å². The molecule has 2 aromatic heterocycles. The molecule has 1 saturated heterocycles. The largest absolute Gasteiger partial charge is 0.481 e. The van der Waals surface area contributed by atoms with Crippen molar-refractivity contribution in [3.05, 3.63) is 24.8 Å². The van der Waals surface area contributed by atoms with Crippen molar-refractivity contribution in [3.8, 4) is 0 Å². The maximum Gasteiger partial charge on any atom is 0.481 e. The Kier molecular flexibility index (Phi) is 15.8. The van der Waals surface area contributed by atoms with Crippen LogP contribution in [0.5, 0.6) is 0 Å². The smallest absolute Gasteiger partial charge is 0.386 e. The minimum Gasteiger partial charge on any atom is -0.386 e. The number of fused-ring (bicyclic) bond motifs is 1. The molecule has 0 amide bonds. The Labute approximate surface area is 306 Å². The van der Waals surface area contributed by atoms with E-state index in [9.17, 15) is 57.9 Å². The zero-order valence-electron chi connectivity index (χ0n) is 28.7. The van der Waals surface area contributed by atoms with Crippen molar-refractivity contribution in [2.75, 3.05) is 24.7 Å². The lowest BCUT2D eigenvalue weighted by Gasteiger charge is -2.30. The van der Waals surface area contributed by atoms with Crippen molar-refractivity contribution in [1.82, 2.24) is 19.5 Å². The summed E-state index contributed by atoms with van der Waals surface area (Å²) >= 11 is 1.06. The van der Waals surface area contributed by atoms with E-state index in [1.807, 2.05) is 0 Å². The molecular weight excluding hydrogens is 791 g/mol. The van der Waals surface area contributed by atoms with Crippen LogP contribution in [-0.2, 0) is 50.7 Å². The molecule has 3 heterocycles. The third-order valence-corrected chi connectivity index (χ3v) is 11.7. The summed E-state index contributed by atoms with van der Waals surface area (Å²) in [5.74, 6) is -0.447. The Morgan fingerprint density at radius 1 is 1.06 bits per heavy atom. The highest BCUT2D eigenvalue weighted by molar-refractivity contribution is 8.14. The molecule has 3 rings (SSSR count). The summed E-state index contributed by atoms with van der Waals surface area (Å²) in [6.45, 7) is 5.77. The van der Waals surface area contributed by atoms with E-state index in [0.29, 0.717) is 17.7 Å². The van der Waals surface area contributed by atoms with E-state index in [0.717, 1.165) is 29.0 Å². The number of aliphatic hydroxyl groups is 2. The van der Waals surface area contributed by atoms with Crippen LogP contribution < -0.4 is 5.73 Å². The molecule has 22 nitrogen and oxygen atoms in total. The van der Waals surface area contributed by atoms with Gasteiger partial charge >= 0.3 is 23.5 Å². The van der Waals surface area contributed by atoms with Crippen LogP contribution in [0.15, 0.2) is 24.8 Å². The first-order valence-corrected chi connectivity index (χ1v) is 21.2. The average Bonchev–Trinajstić information content (AvgIpc) is 3.60. The Morgan fingerprint density at radius 3 is 2.34 bits per heavy atom. The molecule has 298 valence electrons. The zero-order chi connectivity index (χ0) is 39.9. The number of imidazole rings is 1. The van der Waals surface area contributed by atoms with E-state index in [2.05, 4.69) is 30.4 Å². The molecule has 2 unspecified atom stereocenters. The summed E-state index contributed by atoms with van der Waals surface area (Å²) in [5, 5.41) is 21.3. The number of rotatable bonds is 22. The number of Topliss-reactive ketones (excluding diaryl/α,β-unsaturated/α-hetero) is 2. The molecule has 7 atom stereocenters. The molecule has 0 aliphatic carbocycles. The van der Waals surface area contributed by atoms with Gasteiger partial charge in [0.15, 0.2) is 23.5 Å². The number of nitrogen functional groups attached to an aromatic ring is 1. The molecule has 1 fully saturated rings. The van der Waals surface area contributed by atoms with E-state index in [1.165, 1.54) is 13.8 Å². The molecule has 0 spiro atoms. The second kappa shape index (κ2) is 18.6. The topological polar surface area (TPSA) is 340 Å². The molecule has 1 aliphatic rings. The number of carbonyl (C=O) groups excluding carboxylic acids is 3. The summed E-state index contributed by atoms with van der Waals surface area (Å²) in [5.41, 5.74) is 4.75. The second-order valence-corrected chi connectivity index (χ2v) is 17.9. The van der Waals surface area contributed by atoms with Gasteiger partial charge in [0.05, 0.1) is 19.5 Å². The number of ether oxygens (including phenoxy) is 1. The van der Waals surface area contributed by atoms with Crippen LogP contribution in [-0.4, -0.2) is 109 Å². The van der Waals surface area contributed by atoms with Gasteiger partial charge < -0.3 is 40.3 Å². The number of nitrogens with two attached hydrogens (primary N) is 1. The molecule has 0 radical (unpaired) electrons. The predicted molar refractivity (Wildman–Crippen MR) is 184 cm³/mol. The molecular formula is C27H42N5O17P3S. The molecule has 0 saturated carbocycles. The van der Waals surface area contributed by atoms with E-state index in [4.69, 9.17) is 19.5 Å². The number of phosphoric acid groups is 3. The normalized spacial score (nSPS) is 22.3. The van der Waals surface area contributed by atoms with Gasteiger partial charge in [-0.1, -0.05) is 32.2 Å². The van der Waals surface area contributed by atoms with Gasteiger partial charge in [0.2, 0.25) is 5.12 Å². The van der Waals surface area contributed by atoms with Gasteiger partial charge in [-0.2, -0.15) is 4.31 Å². The summed E-state index contributed by atoms with van der Waals surface area (Å²) in [6, 6.07) is 0. The number of aromatic nitrogens is 4. The van der Waals surface area contributed by atoms with E-state index in [1.54, 1.807) is 6.92 Å². The third-order valence-electron chi connectivity index (χ3n) is 7.54.